The Morgan fingerprint density at radius 3 is 1.64 bits per heavy atom. The summed E-state index contributed by atoms with van der Waals surface area (Å²) in [7, 11) is 0. The van der Waals surface area contributed by atoms with Crippen molar-refractivity contribution in [3.05, 3.63) is 0 Å². The minimum absolute atomic E-state index is 0.0235. The van der Waals surface area contributed by atoms with Crippen LogP contribution in [0.4, 0.5) is 9.59 Å². The van der Waals surface area contributed by atoms with Crippen molar-refractivity contribution in [1.29, 1.82) is 0 Å². The van der Waals surface area contributed by atoms with E-state index in [9.17, 15) is 9.59 Å². The molecule has 0 saturated carbocycles. The number of hydrogen-bond acceptors (Lipinski definition) is 2. The summed E-state index contributed by atoms with van der Waals surface area (Å²) in [5.41, 5.74) is 0. The second-order valence-corrected chi connectivity index (χ2v) is 3.44. The van der Waals surface area contributed by atoms with E-state index in [2.05, 4.69) is 10.6 Å². The van der Waals surface area contributed by atoms with Gasteiger partial charge in [0.1, 0.15) is 0 Å². The first kappa shape index (κ1) is 9.11. The fourth-order valence-corrected chi connectivity index (χ4v) is 1.69. The van der Waals surface area contributed by atoms with E-state index in [1.807, 2.05) is 0 Å². The molecule has 2 fully saturated rings. The predicted octanol–water partition coefficient (Wildman–Crippen LogP) is -0.963. The highest BCUT2D eigenvalue weighted by Crippen LogP contribution is 2.00. The molecule has 2 aliphatic rings. The zero-order valence-corrected chi connectivity index (χ0v) is 7.95. The van der Waals surface area contributed by atoms with Crippen LogP contribution in [-0.2, 0) is 0 Å². The van der Waals surface area contributed by atoms with Crippen LogP contribution in [0.5, 0.6) is 0 Å². The smallest absolute Gasteiger partial charge is 0.317 e. The van der Waals surface area contributed by atoms with Gasteiger partial charge in [0, 0.05) is 39.3 Å². The molecule has 0 aliphatic carbocycles. The molecule has 6 heteroatoms. The second-order valence-electron chi connectivity index (χ2n) is 3.44. The number of nitrogens with one attached hydrogen (secondary N) is 2. The molecule has 0 aromatic carbocycles. The Kier molecular flexibility index (Phi) is 2.43. The van der Waals surface area contributed by atoms with Crippen LogP contribution in [0.25, 0.3) is 0 Å². The van der Waals surface area contributed by atoms with E-state index in [4.69, 9.17) is 0 Å². The third-order valence-corrected chi connectivity index (χ3v) is 2.53. The topological polar surface area (TPSA) is 64.7 Å². The van der Waals surface area contributed by atoms with Crippen LogP contribution in [-0.4, -0.2) is 61.1 Å². The Morgan fingerprint density at radius 2 is 1.36 bits per heavy atom. The zero-order valence-electron chi connectivity index (χ0n) is 7.95. The van der Waals surface area contributed by atoms with Crippen molar-refractivity contribution in [2.24, 2.45) is 0 Å². The molecule has 0 aromatic rings. The molecule has 0 aromatic heterocycles. The van der Waals surface area contributed by atoms with Crippen molar-refractivity contribution < 1.29 is 9.59 Å². The van der Waals surface area contributed by atoms with E-state index in [0.29, 0.717) is 26.2 Å². The van der Waals surface area contributed by atoms with Gasteiger partial charge in [-0.05, 0) is 0 Å². The van der Waals surface area contributed by atoms with Crippen LogP contribution in [0.2, 0.25) is 0 Å². The molecule has 2 aliphatic heterocycles. The zero-order chi connectivity index (χ0) is 9.97. The van der Waals surface area contributed by atoms with Crippen LogP contribution < -0.4 is 10.6 Å². The number of hydrogen-bond donors (Lipinski definition) is 2. The van der Waals surface area contributed by atoms with Gasteiger partial charge in [0.15, 0.2) is 0 Å². The average Bonchev–Trinajstić information content (AvgIpc) is 2.72. The van der Waals surface area contributed by atoms with Gasteiger partial charge in [-0.3, -0.25) is 0 Å². The normalized spacial score (nSPS) is 21.4. The molecule has 0 spiro atoms. The van der Waals surface area contributed by atoms with Gasteiger partial charge in [-0.25, -0.2) is 9.59 Å². The first-order chi connectivity index (χ1) is 6.77. The van der Waals surface area contributed by atoms with E-state index < -0.39 is 0 Å². The Hall–Kier alpha value is -1.46. The van der Waals surface area contributed by atoms with Gasteiger partial charge in [-0.15, -0.1) is 0 Å². The highest BCUT2D eigenvalue weighted by Gasteiger charge is 2.23. The summed E-state index contributed by atoms with van der Waals surface area (Å²) in [5.74, 6) is 0. The van der Waals surface area contributed by atoms with Crippen molar-refractivity contribution in [3.8, 4) is 0 Å². The molecule has 2 N–H and O–H groups in total. The van der Waals surface area contributed by atoms with E-state index in [1.54, 1.807) is 9.80 Å². The van der Waals surface area contributed by atoms with Gasteiger partial charge in [-0.1, -0.05) is 0 Å². The highest BCUT2D eigenvalue weighted by atomic mass is 16.2. The summed E-state index contributed by atoms with van der Waals surface area (Å²) in [5, 5.41) is 5.45. The van der Waals surface area contributed by atoms with Crippen LogP contribution in [0.3, 0.4) is 0 Å². The molecule has 0 unspecified atom stereocenters. The SMILES string of the molecule is O=C1NCCN1CCN1CCNC1=O. The minimum atomic E-state index is -0.0235. The van der Waals surface area contributed by atoms with Crippen molar-refractivity contribution in [1.82, 2.24) is 20.4 Å². The second kappa shape index (κ2) is 3.73. The maximum atomic E-state index is 11.2. The van der Waals surface area contributed by atoms with Gasteiger partial charge >= 0.3 is 12.1 Å². The third-order valence-electron chi connectivity index (χ3n) is 2.53. The minimum Gasteiger partial charge on any atom is -0.336 e. The number of urea groups is 2. The molecule has 2 rings (SSSR count). The van der Waals surface area contributed by atoms with Crippen molar-refractivity contribution >= 4 is 12.1 Å². The lowest BCUT2D eigenvalue weighted by atomic mass is 10.5. The lowest BCUT2D eigenvalue weighted by Gasteiger charge is -2.19. The number of carbonyl (C=O) groups is 2. The van der Waals surface area contributed by atoms with Gasteiger partial charge in [0.2, 0.25) is 0 Å². The molecule has 2 heterocycles. The van der Waals surface area contributed by atoms with Gasteiger partial charge < -0.3 is 20.4 Å². The highest BCUT2D eigenvalue weighted by molar-refractivity contribution is 5.77. The van der Waals surface area contributed by atoms with E-state index in [0.717, 1.165) is 13.1 Å². The summed E-state index contributed by atoms with van der Waals surface area (Å²) in [6.45, 7) is 4.16. The molecular weight excluding hydrogens is 184 g/mol. The Morgan fingerprint density at radius 1 is 0.929 bits per heavy atom. The number of nitrogens with zero attached hydrogens (tertiary/aromatic N) is 2. The fourth-order valence-electron chi connectivity index (χ4n) is 1.69. The maximum absolute atomic E-state index is 11.2. The summed E-state index contributed by atoms with van der Waals surface area (Å²) >= 11 is 0. The molecule has 0 atom stereocenters. The molecule has 4 amide bonds. The van der Waals surface area contributed by atoms with Crippen molar-refractivity contribution in [3.63, 3.8) is 0 Å². The third kappa shape index (κ3) is 1.73. The molecule has 0 radical (unpaired) electrons. The first-order valence-electron chi connectivity index (χ1n) is 4.83. The number of amides is 4. The molecule has 78 valence electrons. The van der Waals surface area contributed by atoms with Crippen LogP contribution in [0.1, 0.15) is 0 Å². The van der Waals surface area contributed by atoms with Crippen LogP contribution >= 0.6 is 0 Å². The van der Waals surface area contributed by atoms with Crippen molar-refractivity contribution in [2.75, 3.05) is 39.3 Å². The fraction of sp³-hybridized carbons (Fsp3) is 0.750. The molecule has 14 heavy (non-hydrogen) atoms. The summed E-state index contributed by atoms with van der Waals surface area (Å²) in [6, 6.07) is -0.0470. The van der Waals surface area contributed by atoms with Gasteiger partial charge in [-0.2, -0.15) is 0 Å². The summed E-state index contributed by atoms with van der Waals surface area (Å²) in [4.78, 5) is 25.8. The Labute approximate surface area is 82.2 Å². The Bertz CT molecular complexity index is 230. The lowest BCUT2D eigenvalue weighted by molar-refractivity contribution is 0.199. The standard InChI is InChI=1S/C8H14N4O2/c13-7-9-1-3-11(7)5-6-12-4-2-10-8(12)14/h1-6H2,(H,9,13)(H,10,14). The van der Waals surface area contributed by atoms with Crippen molar-refractivity contribution in [2.45, 2.75) is 0 Å². The Balaban J connectivity index is 1.76. The number of carbonyl (C=O) groups excluding carboxylic acids is 2. The van der Waals surface area contributed by atoms with Crippen LogP contribution in [0, 0.1) is 0 Å². The molecule has 6 nitrogen and oxygen atoms in total. The number of rotatable bonds is 3. The van der Waals surface area contributed by atoms with Gasteiger partial charge in [0.05, 0.1) is 0 Å². The molecule has 0 bridgehead atoms. The maximum Gasteiger partial charge on any atom is 0.317 e. The molecule has 2 saturated heterocycles. The first-order valence-corrected chi connectivity index (χ1v) is 4.83. The lowest BCUT2D eigenvalue weighted by Crippen LogP contribution is -2.38. The van der Waals surface area contributed by atoms with Crippen LogP contribution in [0.15, 0.2) is 0 Å². The summed E-state index contributed by atoms with van der Waals surface area (Å²) < 4.78 is 0. The monoisotopic (exact) mass is 198 g/mol. The quantitative estimate of drug-likeness (QED) is 0.613. The molecular formula is C8H14N4O2. The van der Waals surface area contributed by atoms with E-state index in [1.165, 1.54) is 0 Å². The van der Waals surface area contributed by atoms with E-state index >= 15 is 0 Å². The van der Waals surface area contributed by atoms with E-state index in [-0.39, 0.29) is 12.1 Å². The largest absolute Gasteiger partial charge is 0.336 e. The summed E-state index contributed by atoms with van der Waals surface area (Å²) in [6.07, 6.45) is 0. The average molecular weight is 198 g/mol. The predicted molar refractivity (Wildman–Crippen MR) is 49.9 cm³/mol. The van der Waals surface area contributed by atoms with Gasteiger partial charge in [0.25, 0.3) is 0 Å².